The summed E-state index contributed by atoms with van der Waals surface area (Å²) in [7, 11) is 5.92. The molecule has 0 amide bonds. The van der Waals surface area contributed by atoms with Crippen molar-refractivity contribution in [3.8, 4) is 0 Å². The molecular formula is C20H29N5. The molecule has 3 rings (SSSR count). The molecule has 0 atom stereocenters. The van der Waals surface area contributed by atoms with Crippen LogP contribution in [0.4, 0.5) is 5.82 Å². The molecular weight excluding hydrogens is 310 g/mol. The normalized spacial score (nSPS) is 17.2. The second-order valence-electron chi connectivity index (χ2n) is 7.79. The first-order valence-electron chi connectivity index (χ1n) is 8.91. The van der Waals surface area contributed by atoms with Crippen molar-refractivity contribution >= 4 is 22.7 Å². The zero-order valence-corrected chi connectivity index (χ0v) is 16.0. The van der Waals surface area contributed by atoms with Crippen molar-refractivity contribution in [1.29, 1.82) is 0 Å². The number of fused-ring (bicyclic) bond motifs is 1. The van der Waals surface area contributed by atoms with E-state index in [-0.39, 0.29) is 0 Å². The molecule has 1 aliphatic rings. The van der Waals surface area contributed by atoms with Gasteiger partial charge >= 0.3 is 0 Å². The van der Waals surface area contributed by atoms with Gasteiger partial charge in [-0.05, 0) is 29.5 Å². The third kappa shape index (κ3) is 3.86. The molecule has 5 nitrogen and oxygen atoms in total. The quantitative estimate of drug-likeness (QED) is 0.689. The van der Waals surface area contributed by atoms with Crippen molar-refractivity contribution in [2.75, 3.05) is 39.1 Å². The van der Waals surface area contributed by atoms with Crippen LogP contribution in [0.25, 0.3) is 10.9 Å². The fourth-order valence-electron chi connectivity index (χ4n) is 3.41. The van der Waals surface area contributed by atoms with Crippen LogP contribution in [0.2, 0.25) is 0 Å². The summed E-state index contributed by atoms with van der Waals surface area (Å²) in [4.78, 5) is 13.6. The average molecular weight is 339 g/mol. The number of hydrogen-bond acceptors (Lipinski definition) is 3. The standard InChI is InChI=1S/C20H29N5/c1-20(2)10-11-25(14-20)19(21-3)22-13-15-12-18(24(4)5)23-17-9-7-6-8-16(15)17/h6-9,12H,10-11,13-14H2,1-5H3,(H,21,22). The molecule has 0 radical (unpaired) electrons. The number of aromatic nitrogens is 1. The Morgan fingerprint density at radius 1 is 1.32 bits per heavy atom. The van der Waals surface area contributed by atoms with E-state index in [1.54, 1.807) is 0 Å². The van der Waals surface area contributed by atoms with Crippen molar-refractivity contribution in [2.45, 2.75) is 26.8 Å². The first kappa shape index (κ1) is 17.5. The van der Waals surface area contributed by atoms with Gasteiger partial charge in [-0.15, -0.1) is 0 Å². The van der Waals surface area contributed by atoms with Crippen LogP contribution in [0.5, 0.6) is 0 Å². The maximum Gasteiger partial charge on any atom is 0.193 e. The molecule has 0 unspecified atom stereocenters. The van der Waals surface area contributed by atoms with Gasteiger partial charge < -0.3 is 15.1 Å². The summed E-state index contributed by atoms with van der Waals surface area (Å²) in [6.07, 6.45) is 1.21. The predicted octanol–water partition coefficient (Wildman–Crippen LogP) is 3.11. The molecule has 2 heterocycles. The number of para-hydroxylation sites is 1. The number of rotatable bonds is 3. The van der Waals surface area contributed by atoms with Gasteiger partial charge in [-0.2, -0.15) is 0 Å². The highest BCUT2D eigenvalue weighted by Gasteiger charge is 2.30. The first-order valence-corrected chi connectivity index (χ1v) is 8.91. The van der Waals surface area contributed by atoms with Gasteiger partial charge in [0.1, 0.15) is 5.82 Å². The molecule has 2 aromatic rings. The highest BCUT2D eigenvalue weighted by atomic mass is 15.3. The van der Waals surface area contributed by atoms with Crippen LogP contribution in [0.1, 0.15) is 25.8 Å². The molecule has 1 N–H and O–H groups in total. The lowest BCUT2D eigenvalue weighted by molar-refractivity contribution is 0.370. The lowest BCUT2D eigenvalue weighted by atomic mass is 9.93. The molecule has 1 aromatic heterocycles. The second-order valence-corrected chi connectivity index (χ2v) is 7.79. The fourth-order valence-corrected chi connectivity index (χ4v) is 3.41. The molecule has 1 aliphatic heterocycles. The maximum absolute atomic E-state index is 4.74. The molecule has 134 valence electrons. The molecule has 0 aliphatic carbocycles. The largest absolute Gasteiger partial charge is 0.363 e. The van der Waals surface area contributed by atoms with Gasteiger partial charge in [0.2, 0.25) is 0 Å². The van der Waals surface area contributed by atoms with Gasteiger partial charge in [0.25, 0.3) is 0 Å². The number of benzene rings is 1. The number of aliphatic imine (C=N–C) groups is 1. The van der Waals surface area contributed by atoms with Crippen LogP contribution in [0.15, 0.2) is 35.3 Å². The van der Waals surface area contributed by atoms with Crippen molar-refractivity contribution < 1.29 is 0 Å². The minimum atomic E-state index is 0.360. The van der Waals surface area contributed by atoms with E-state index >= 15 is 0 Å². The Morgan fingerprint density at radius 3 is 2.72 bits per heavy atom. The number of nitrogens with zero attached hydrogens (tertiary/aromatic N) is 4. The monoisotopic (exact) mass is 339 g/mol. The number of pyridine rings is 1. The van der Waals surface area contributed by atoms with Gasteiger partial charge in [-0.25, -0.2) is 4.98 Å². The highest BCUT2D eigenvalue weighted by molar-refractivity contribution is 5.85. The molecule has 1 fully saturated rings. The molecule has 1 saturated heterocycles. The zero-order valence-electron chi connectivity index (χ0n) is 16.0. The van der Waals surface area contributed by atoms with E-state index in [4.69, 9.17) is 4.98 Å². The molecule has 0 bridgehead atoms. The Morgan fingerprint density at radius 2 is 2.08 bits per heavy atom. The van der Waals surface area contributed by atoms with Gasteiger partial charge in [0.15, 0.2) is 5.96 Å². The summed E-state index contributed by atoms with van der Waals surface area (Å²) in [5.41, 5.74) is 2.63. The van der Waals surface area contributed by atoms with Crippen LogP contribution in [-0.2, 0) is 6.54 Å². The van der Waals surface area contributed by atoms with E-state index in [9.17, 15) is 0 Å². The lowest BCUT2D eigenvalue weighted by Crippen LogP contribution is -2.40. The summed E-state index contributed by atoms with van der Waals surface area (Å²) in [6, 6.07) is 10.5. The molecule has 0 saturated carbocycles. The Balaban J connectivity index is 1.82. The first-order chi connectivity index (χ1) is 11.9. The molecule has 1 aromatic carbocycles. The van der Waals surface area contributed by atoms with Gasteiger partial charge in [0.05, 0.1) is 5.52 Å². The molecule has 0 spiro atoms. The summed E-state index contributed by atoms with van der Waals surface area (Å²) in [5, 5.41) is 4.75. The average Bonchev–Trinajstić information content (AvgIpc) is 2.94. The van der Waals surface area contributed by atoms with Crippen LogP contribution in [0, 0.1) is 5.41 Å². The van der Waals surface area contributed by atoms with Gasteiger partial charge in [-0.1, -0.05) is 32.0 Å². The van der Waals surface area contributed by atoms with Gasteiger partial charge in [0, 0.05) is 46.2 Å². The fraction of sp³-hybridized carbons (Fsp3) is 0.500. The third-order valence-corrected chi connectivity index (χ3v) is 4.87. The zero-order chi connectivity index (χ0) is 18.0. The highest BCUT2D eigenvalue weighted by Crippen LogP contribution is 2.29. The van der Waals surface area contributed by atoms with Crippen molar-refractivity contribution in [3.05, 3.63) is 35.9 Å². The molecule has 25 heavy (non-hydrogen) atoms. The van der Waals surface area contributed by atoms with Crippen LogP contribution >= 0.6 is 0 Å². The summed E-state index contributed by atoms with van der Waals surface area (Å²) in [6.45, 7) is 7.49. The Labute approximate surface area is 150 Å². The van der Waals surface area contributed by atoms with E-state index in [0.717, 1.165) is 36.9 Å². The third-order valence-electron chi connectivity index (χ3n) is 4.87. The molecule has 5 heteroatoms. The Kier molecular flexibility index (Phi) is 4.84. The minimum Gasteiger partial charge on any atom is -0.363 e. The Hall–Kier alpha value is -2.30. The summed E-state index contributed by atoms with van der Waals surface area (Å²) < 4.78 is 0. The number of likely N-dealkylation sites (tertiary alicyclic amines) is 1. The Bertz CT molecular complexity index is 779. The topological polar surface area (TPSA) is 43.8 Å². The summed E-state index contributed by atoms with van der Waals surface area (Å²) in [5.74, 6) is 1.96. The van der Waals surface area contributed by atoms with E-state index in [1.807, 2.05) is 32.1 Å². The number of hydrogen-bond donors (Lipinski definition) is 1. The van der Waals surface area contributed by atoms with Crippen molar-refractivity contribution in [2.24, 2.45) is 10.4 Å². The van der Waals surface area contributed by atoms with E-state index < -0.39 is 0 Å². The van der Waals surface area contributed by atoms with Crippen molar-refractivity contribution in [1.82, 2.24) is 15.2 Å². The number of nitrogens with one attached hydrogen (secondary N) is 1. The second kappa shape index (κ2) is 6.90. The summed E-state index contributed by atoms with van der Waals surface area (Å²) >= 11 is 0. The number of anilines is 1. The number of guanidine groups is 1. The predicted molar refractivity (Wildman–Crippen MR) is 106 cm³/mol. The maximum atomic E-state index is 4.74. The van der Waals surface area contributed by atoms with Crippen LogP contribution in [0.3, 0.4) is 0 Å². The van der Waals surface area contributed by atoms with E-state index in [0.29, 0.717) is 5.41 Å². The van der Waals surface area contributed by atoms with Crippen LogP contribution < -0.4 is 10.2 Å². The smallest absolute Gasteiger partial charge is 0.193 e. The van der Waals surface area contributed by atoms with Gasteiger partial charge in [-0.3, -0.25) is 4.99 Å². The van der Waals surface area contributed by atoms with Crippen molar-refractivity contribution in [3.63, 3.8) is 0 Å². The minimum absolute atomic E-state index is 0.360. The van der Waals surface area contributed by atoms with Crippen LogP contribution in [-0.4, -0.2) is 50.1 Å². The van der Waals surface area contributed by atoms with E-state index in [2.05, 4.69) is 53.3 Å². The van der Waals surface area contributed by atoms with E-state index in [1.165, 1.54) is 17.4 Å². The lowest BCUT2D eigenvalue weighted by Gasteiger charge is -2.24. The SMILES string of the molecule is CN=C(NCc1cc(N(C)C)nc2ccccc12)N1CCC(C)(C)C1.